The van der Waals surface area contributed by atoms with Crippen molar-refractivity contribution >= 4 is 23.6 Å². The van der Waals surface area contributed by atoms with Gasteiger partial charge in [-0.3, -0.25) is 9.59 Å². The highest BCUT2D eigenvalue weighted by atomic mass is 32.2. The molecule has 5 heteroatoms. The topological polar surface area (TPSA) is 49.4 Å². The van der Waals surface area contributed by atoms with E-state index >= 15 is 0 Å². The van der Waals surface area contributed by atoms with Crippen molar-refractivity contribution in [2.45, 2.75) is 38.0 Å². The third-order valence-corrected chi connectivity index (χ3v) is 4.96. The molecule has 120 valence electrons. The highest BCUT2D eigenvalue weighted by molar-refractivity contribution is 8.00. The second-order valence-corrected chi connectivity index (χ2v) is 6.76. The quantitative estimate of drug-likeness (QED) is 0.620. The highest BCUT2D eigenvalue weighted by Crippen LogP contribution is 2.22. The zero-order valence-corrected chi connectivity index (χ0v) is 14.2. The van der Waals surface area contributed by atoms with Gasteiger partial charge in [-0.2, -0.15) is 0 Å². The van der Waals surface area contributed by atoms with E-state index in [2.05, 4.69) is 37.4 Å². The largest absolute Gasteiger partial charge is 0.355 e. The van der Waals surface area contributed by atoms with E-state index in [0.717, 1.165) is 30.8 Å². The maximum absolute atomic E-state index is 11.8. The molecule has 0 radical (unpaired) electrons. The van der Waals surface area contributed by atoms with Gasteiger partial charge in [0.1, 0.15) is 0 Å². The summed E-state index contributed by atoms with van der Waals surface area (Å²) in [6, 6.07) is 6.27. The summed E-state index contributed by atoms with van der Waals surface area (Å²) in [5, 5.41) is 2.92. The summed E-state index contributed by atoms with van der Waals surface area (Å²) < 4.78 is 0. The van der Waals surface area contributed by atoms with Crippen LogP contribution in [0.3, 0.4) is 0 Å². The molecule has 1 aromatic carbocycles. The van der Waals surface area contributed by atoms with Crippen LogP contribution in [0.25, 0.3) is 0 Å². The fourth-order valence-electron chi connectivity index (χ4n) is 2.59. The Kier molecular flexibility index (Phi) is 6.31. The summed E-state index contributed by atoms with van der Waals surface area (Å²) in [4.78, 5) is 26.3. The van der Waals surface area contributed by atoms with Crippen LogP contribution >= 0.6 is 11.8 Å². The predicted octanol–water partition coefficient (Wildman–Crippen LogP) is 2.52. The molecule has 0 aliphatic carbocycles. The number of benzene rings is 1. The fourth-order valence-corrected chi connectivity index (χ4v) is 3.43. The van der Waals surface area contributed by atoms with Crippen LogP contribution in [0, 0.1) is 13.8 Å². The first-order chi connectivity index (χ1) is 10.6. The molecular formula is C17H24N2O2S. The highest BCUT2D eigenvalue weighted by Gasteiger charge is 2.18. The van der Waals surface area contributed by atoms with Crippen molar-refractivity contribution < 1.29 is 9.59 Å². The lowest BCUT2D eigenvalue weighted by molar-refractivity contribution is -0.127. The predicted molar refractivity (Wildman–Crippen MR) is 90.1 cm³/mol. The Morgan fingerprint density at radius 1 is 1.36 bits per heavy atom. The number of likely N-dealkylation sites (tertiary alicyclic amines) is 1. The fraction of sp³-hybridized carbons (Fsp3) is 0.529. The summed E-state index contributed by atoms with van der Waals surface area (Å²) in [5.74, 6) is 0.737. The van der Waals surface area contributed by atoms with Crippen molar-refractivity contribution in [3.63, 3.8) is 0 Å². The lowest BCUT2D eigenvalue weighted by Gasteiger charge is -2.15. The maximum Gasteiger partial charge on any atom is 0.230 e. The molecule has 22 heavy (non-hydrogen) atoms. The Morgan fingerprint density at radius 2 is 2.18 bits per heavy atom. The third-order valence-electron chi connectivity index (χ3n) is 3.79. The zero-order chi connectivity index (χ0) is 15.9. The molecule has 0 spiro atoms. The van der Waals surface area contributed by atoms with E-state index in [1.165, 1.54) is 11.1 Å². The van der Waals surface area contributed by atoms with Gasteiger partial charge in [0.05, 0.1) is 5.75 Å². The monoisotopic (exact) mass is 320 g/mol. The van der Waals surface area contributed by atoms with Gasteiger partial charge in [0.25, 0.3) is 0 Å². The molecule has 1 heterocycles. The summed E-state index contributed by atoms with van der Waals surface area (Å²) in [6.07, 6.45) is 2.47. The SMILES string of the molecule is Cc1ccc(SCC(=O)NCCCN2CCCC2=O)c(C)c1. The van der Waals surface area contributed by atoms with Gasteiger partial charge in [-0.05, 0) is 38.3 Å². The summed E-state index contributed by atoms with van der Waals surface area (Å²) in [7, 11) is 0. The van der Waals surface area contributed by atoms with E-state index in [4.69, 9.17) is 0 Å². The number of nitrogens with one attached hydrogen (secondary N) is 1. The molecule has 0 aromatic heterocycles. The van der Waals surface area contributed by atoms with Gasteiger partial charge >= 0.3 is 0 Å². The van der Waals surface area contributed by atoms with E-state index in [-0.39, 0.29) is 11.8 Å². The molecule has 1 saturated heterocycles. The number of rotatable bonds is 7. The minimum atomic E-state index is 0.0534. The van der Waals surface area contributed by atoms with Gasteiger partial charge in [0.15, 0.2) is 0 Å². The number of aryl methyl sites for hydroxylation is 2. The molecule has 2 amide bonds. The minimum Gasteiger partial charge on any atom is -0.355 e. The zero-order valence-electron chi connectivity index (χ0n) is 13.4. The Balaban J connectivity index is 1.62. The van der Waals surface area contributed by atoms with E-state index < -0.39 is 0 Å². The van der Waals surface area contributed by atoms with Crippen LogP contribution in [0.1, 0.15) is 30.4 Å². The molecule has 0 saturated carbocycles. The Hall–Kier alpha value is -1.49. The lowest BCUT2D eigenvalue weighted by atomic mass is 10.2. The number of nitrogens with zero attached hydrogens (tertiary/aromatic N) is 1. The van der Waals surface area contributed by atoms with Gasteiger partial charge in [-0.25, -0.2) is 0 Å². The normalized spacial score (nSPS) is 14.5. The van der Waals surface area contributed by atoms with Crippen molar-refractivity contribution in [1.82, 2.24) is 10.2 Å². The van der Waals surface area contributed by atoms with E-state index in [0.29, 0.717) is 18.7 Å². The van der Waals surface area contributed by atoms with Crippen LogP contribution < -0.4 is 5.32 Å². The number of amides is 2. The first kappa shape index (κ1) is 16.9. The van der Waals surface area contributed by atoms with Gasteiger partial charge in [-0.15, -0.1) is 11.8 Å². The standard InChI is InChI=1S/C17H24N2O2S/c1-13-6-7-15(14(2)11-13)22-12-16(20)18-8-4-10-19-9-3-5-17(19)21/h6-7,11H,3-5,8-10,12H2,1-2H3,(H,18,20). The number of hydrogen-bond donors (Lipinski definition) is 1. The number of carbonyl (C=O) groups is 2. The molecule has 4 nitrogen and oxygen atoms in total. The summed E-state index contributed by atoms with van der Waals surface area (Å²) >= 11 is 1.57. The first-order valence-corrected chi connectivity index (χ1v) is 8.79. The molecule has 2 rings (SSSR count). The molecule has 1 aromatic rings. The van der Waals surface area contributed by atoms with E-state index in [1.54, 1.807) is 11.8 Å². The molecule has 1 aliphatic heterocycles. The van der Waals surface area contributed by atoms with Crippen LogP contribution in [0.15, 0.2) is 23.1 Å². The molecule has 0 bridgehead atoms. The van der Waals surface area contributed by atoms with Crippen LogP contribution in [-0.2, 0) is 9.59 Å². The number of thioether (sulfide) groups is 1. The van der Waals surface area contributed by atoms with Crippen molar-refractivity contribution in [2.75, 3.05) is 25.4 Å². The molecule has 1 aliphatic rings. The second kappa shape index (κ2) is 8.22. The Morgan fingerprint density at radius 3 is 2.86 bits per heavy atom. The van der Waals surface area contributed by atoms with Gasteiger partial charge < -0.3 is 10.2 Å². The van der Waals surface area contributed by atoms with E-state index in [9.17, 15) is 9.59 Å². The molecule has 0 atom stereocenters. The third kappa shape index (κ3) is 5.05. The Labute approximate surface area is 136 Å². The average Bonchev–Trinajstić information content (AvgIpc) is 2.88. The van der Waals surface area contributed by atoms with Gasteiger partial charge in [0.2, 0.25) is 11.8 Å². The maximum atomic E-state index is 11.8. The van der Waals surface area contributed by atoms with Crippen molar-refractivity contribution in [3.05, 3.63) is 29.3 Å². The average molecular weight is 320 g/mol. The second-order valence-electron chi connectivity index (χ2n) is 5.75. The molecular weight excluding hydrogens is 296 g/mol. The van der Waals surface area contributed by atoms with Gasteiger partial charge in [-0.1, -0.05) is 17.7 Å². The van der Waals surface area contributed by atoms with Crippen molar-refractivity contribution in [1.29, 1.82) is 0 Å². The van der Waals surface area contributed by atoms with Crippen LogP contribution in [0.5, 0.6) is 0 Å². The molecule has 0 unspecified atom stereocenters. The minimum absolute atomic E-state index is 0.0534. The molecule has 1 fully saturated rings. The first-order valence-electron chi connectivity index (χ1n) is 7.81. The van der Waals surface area contributed by atoms with Crippen LogP contribution in [0.2, 0.25) is 0 Å². The van der Waals surface area contributed by atoms with E-state index in [1.807, 2.05) is 4.90 Å². The van der Waals surface area contributed by atoms with Gasteiger partial charge in [0, 0.05) is 31.0 Å². The number of carbonyl (C=O) groups excluding carboxylic acids is 2. The van der Waals surface area contributed by atoms with Crippen molar-refractivity contribution in [2.24, 2.45) is 0 Å². The molecule has 1 N–H and O–H groups in total. The smallest absolute Gasteiger partial charge is 0.230 e. The lowest BCUT2D eigenvalue weighted by Crippen LogP contribution is -2.31. The summed E-state index contributed by atoms with van der Waals surface area (Å²) in [6.45, 7) is 6.40. The Bertz CT molecular complexity index is 545. The van der Waals surface area contributed by atoms with Crippen LogP contribution in [-0.4, -0.2) is 42.1 Å². The number of hydrogen-bond acceptors (Lipinski definition) is 3. The van der Waals surface area contributed by atoms with Crippen molar-refractivity contribution in [3.8, 4) is 0 Å². The summed E-state index contributed by atoms with van der Waals surface area (Å²) in [5.41, 5.74) is 2.45. The van der Waals surface area contributed by atoms with Crippen LogP contribution in [0.4, 0.5) is 0 Å².